The summed E-state index contributed by atoms with van der Waals surface area (Å²) in [5.74, 6) is 1.28. The molecular weight excluding hydrogens is 392 g/mol. The average Bonchev–Trinajstić information content (AvgIpc) is 3.27. The van der Waals surface area contributed by atoms with Crippen molar-refractivity contribution in [1.82, 2.24) is 29.0 Å². The number of hydrogen-bond acceptors (Lipinski definition) is 7. The Morgan fingerprint density at radius 2 is 2.10 bits per heavy atom. The van der Waals surface area contributed by atoms with Crippen molar-refractivity contribution in [2.24, 2.45) is 0 Å². The van der Waals surface area contributed by atoms with Crippen LogP contribution in [0.15, 0.2) is 18.6 Å². The number of hydrogen-bond donors (Lipinski definition) is 0. The van der Waals surface area contributed by atoms with Crippen molar-refractivity contribution in [2.45, 2.75) is 59.4 Å². The number of ether oxygens (including phenoxy) is 2. The van der Waals surface area contributed by atoms with Crippen LogP contribution in [-0.2, 0) is 22.6 Å². The van der Waals surface area contributed by atoms with Gasteiger partial charge in [0.25, 0.3) is 0 Å². The van der Waals surface area contributed by atoms with Crippen LogP contribution < -0.4 is 0 Å². The number of carbonyl (C=O) groups excluding carboxylic acids is 1. The Morgan fingerprint density at radius 1 is 1.34 bits per heavy atom. The molecule has 3 aromatic heterocycles. The van der Waals surface area contributed by atoms with Gasteiger partial charge in [0.2, 0.25) is 0 Å². The van der Waals surface area contributed by atoms with Crippen LogP contribution >= 0.6 is 11.3 Å². The maximum Gasteiger partial charge on any atom is 0.410 e. The van der Waals surface area contributed by atoms with Gasteiger partial charge >= 0.3 is 6.09 Å². The second-order valence-electron chi connectivity index (χ2n) is 8.04. The molecule has 0 fully saturated rings. The first kappa shape index (κ1) is 21.3. The molecule has 3 aromatic rings. The Kier molecular flexibility index (Phi) is 6.23. The number of amides is 1. The van der Waals surface area contributed by atoms with Crippen LogP contribution in [0, 0.1) is 0 Å². The van der Waals surface area contributed by atoms with Gasteiger partial charge in [0.05, 0.1) is 30.7 Å². The molecule has 0 spiro atoms. The van der Waals surface area contributed by atoms with E-state index in [0.29, 0.717) is 19.0 Å². The highest BCUT2D eigenvalue weighted by Gasteiger charge is 2.22. The van der Waals surface area contributed by atoms with E-state index in [-0.39, 0.29) is 12.6 Å². The van der Waals surface area contributed by atoms with Gasteiger partial charge in [-0.15, -0.1) is 0 Å². The number of nitrogens with zero attached hydrogens (tertiary/aromatic N) is 6. The quantitative estimate of drug-likeness (QED) is 0.582. The minimum Gasteiger partial charge on any atom is -0.444 e. The van der Waals surface area contributed by atoms with Crippen molar-refractivity contribution in [1.29, 1.82) is 0 Å². The minimum atomic E-state index is -0.552. The number of fused-ring (bicyclic) bond motifs is 1. The fraction of sp³-hybridized carbons (Fsp3) is 0.579. The first-order valence-corrected chi connectivity index (χ1v) is 10.4. The van der Waals surface area contributed by atoms with Gasteiger partial charge < -0.3 is 14.4 Å². The summed E-state index contributed by atoms with van der Waals surface area (Å²) in [6.45, 7) is 10.9. The summed E-state index contributed by atoms with van der Waals surface area (Å²) in [7, 11) is 1.68. The van der Waals surface area contributed by atoms with Crippen molar-refractivity contribution < 1.29 is 14.3 Å². The summed E-state index contributed by atoms with van der Waals surface area (Å²) in [6, 6.07) is 0. The number of imidazole rings is 1. The minimum absolute atomic E-state index is 0.143. The molecule has 3 heterocycles. The first-order valence-electron chi connectivity index (χ1n) is 9.54. The fourth-order valence-corrected chi connectivity index (χ4v) is 3.55. The lowest BCUT2D eigenvalue weighted by atomic mass is 10.2. The molecule has 0 saturated carbocycles. The third-order valence-corrected chi connectivity index (χ3v) is 4.87. The second-order valence-corrected chi connectivity index (χ2v) is 9.05. The van der Waals surface area contributed by atoms with E-state index < -0.39 is 11.7 Å². The lowest BCUT2D eigenvalue weighted by molar-refractivity contribution is 0.0280. The van der Waals surface area contributed by atoms with Crippen LogP contribution in [-0.4, -0.2) is 60.5 Å². The molecule has 0 aromatic carbocycles. The summed E-state index contributed by atoms with van der Waals surface area (Å²) in [4.78, 5) is 24.6. The highest BCUT2D eigenvalue weighted by molar-refractivity contribution is 7.20. The summed E-state index contributed by atoms with van der Waals surface area (Å²) in [5.41, 5.74) is -0.552. The summed E-state index contributed by atoms with van der Waals surface area (Å²) < 4.78 is 14.9. The molecule has 3 rings (SSSR count). The molecule has 0 bridgehead atoms. The molecule has 0 atom stereocenters. The number of rotatable bonds is 7. The number of thiazole rings is 1. The third-order valence-electron chi connectivity index (χ3n) is 3.86. The summed E-state index contributed by atoms with van der Waals surface area (Å²) >= 11 is 1.54. The van der Waals surface area contributed by atoms with Gasteiger partial charge in [-0.2, -0.15) is 5.10 Å². The van der Waals surface area contributed by atoms with E-state index >= 15 is 0 Å². The molecule has 1 amide bonds. The Balaban J connectivity index is 1.81. The van der Waals surface area contributed by atoms with Gasteiger partial charge in [-0.05, 0) is 34.6 Å². The van der Waals surface area contributed by atoms with E-state index in [4.69, 9.17) is 9.47 Å². The predicted molar refractivity (Wildman–Crippen MR) is 111 cm³/mol. The Labute approximate surface area is 174 Å². The van der Waals surface area contributed by atoms with Crippen molar-refractivity contribution in [3.8, 4) is 10.7 Å². The monoisotopic (exact) mass is 420 g/mol. The van der Waals surface area contributed by atoms with Crippen molar-refractivity contribution in [3.05, 3.63) is 24.4 Å². The average molecular weight is 421 g/mol. The van der Waals surface area contributed by atoms with Crippen LogP contribution in [0.2, 0.25) is 0 Å². The molecule has 9 nitrogen and oxygen atoms in total. The highest BCUT2D eigenvalue weighted by atomic mass is 32.1. The normalized spacial score (nSPS) is 12.1. The summed E-state index contributed by atoms with van der Waals surface area (Å²) in [6.07, 6.45) is 5.38. The molecule has 0 aliphatic carbocycles. The van der Waals surface area contributed by atoms with Crippen LogP contribution in [0.4, 0.5) is 4.79 Å². The van der Waals surface area contributed by atoms with E-state index in [1.807, 2.05) is 56.1 Å². The molecule has 0 saturated heterocycles. The highest BCUT2D eigenvalue weighted by Crippen LogP contribution is 2.27. The predicted octanol–water partition coefficient (Wildman–Crippen LogP) is 3.45. The molecule has 0 unspecified atom stereocenters. The maximum atomic E-state index is 12.3. The molecule has 10 heteroatoms. The van der Waals surface area contributed by atoms with E-state index in [1.54, 1.807) is 13.2 Å². The number of carbonyl (C=O) groups is 1. The van der Waals surface area contributed by atoms with Crippen LogP contribution in [0.3, 0.4) is 0 Å². The Hall–Kier alpha value is -2.46. The van der Waals surface area contributed by atoms with Gasteiger partial charge in [-0.3, -0.25) is 4.40 Å². The smallest absolute Gasteiger partial charge is 0.410 e. The van der Waals surface area contributed by atoms with Crippen LogP contribution in [0.5, 0.6) is 0 Å². The maximum absolute atomic E-state index is 12.3. The molecular formula is C19H28N6O3S. The first-order chi connectivity index (χ1) is 13.6. The lowest BCUT2D eigenvalue weighted by Gasteiger charge is -2.23. The zero-order chi connectivity index (χ0) is 21.2. The van der Waals surface area contributed by atoms with Crippen molar-refractivity contribution in [2.75, 3.05) is 13.7 Å². The largest absolute Gasteiger partial charge is 0.444 e. The zero-order valence-electron chi connectivity index (χ0n) is 17.7. The van der Waals surface area contributed by atoms with E-state index in [9.17, 15) is 4.79 Å². The molecule has 0 radical (unpaired) electrons. The standard InChI is InChI=1S/C19H28N6O3S/c1-13(2)27-10-9-25-16(14-11-24-8-7-20-17(24)29-14)21-15(22-25)12-23(6)18(26)28-19(3,4)5/h7-8,11,13H,9-10,12H2,1-6H3. The van der Waals surface area contributed by atoms with E-state index in [0.717, 1.165) is 15.7 Å². The molecule has 0 N–H and O–H groups in total. The third kappa shape index (κ3) is 5.54. The topological polar surface area (TPSA) is 86.8 Å². The van der Waals surface area contributed by atoms with E-state index in [1.165, 1.54) is 16.2 Å². The van der Waals surface area contributed by atoms with E-state index in [2.05, 4.69) is 15.1 Å². The van der Waals surface area contributed by atoms with Crippen molar-refractivity contribution in [3.63, 3.8) is 0 Å². The van der Waals surface area contributed by atoms with Crippen LogP contribution in [0.1, 0.15) is 40.4 Å². The van der Waals surface area contributed by atoms with Crippen LogP contribution in [0.25, 0.3) is 15.7 Å². The van der Waals surface area contributed by atoms with Gasteiger partial charge in [-0.25, -0.2) is 19.4 Å². The molecule has 158 valence electrons. The molecule has 29 heavy (non-hydrogen) atoms. The summed E-state index contributed by atoms with van der Waals surface area (Å²) in [5, 5.41) is 4.61. The van der Waals surface area contributed by atoms with Crippen molar-refractivity contribution >= 4 is 22.4 Å². The Morgan fingerprint density at radius 3 is 2.76 bits per heavy atom. The molecule has 0 aliphatic heterocycles. The number of aromatic nitrogens is 5. The Bertz CT molecular complexity index is 940. The zero-order valence-corrected chi connectivity index (χ0v) is 18.6. The SMILES string of the molecule is CC(C)OCCn1nc(CN(C)C(=O)OC(C)(C)C)nc1-c1cn2ccnc2s1. The van der Waals surface area contributed by atoms with Gasteiger partial charge in [0.1, 0.15) is 5.60 Å². The fourth-order valence-electron chi connectivity index (χ4n) is 2.62. The van der Waals surface area contributed by atoms with Gasteiger partial charge in [0.15, 0.2) is 16.6 Å². The second kappa shape index (κ2) is 8.50. The lowest BCUT2D eigenvalue weighted by Crippen LogP contribution is -2.34. The van der Waals surface area contributed by atoms with Gasteiger partial charge in [-0.1, -0.05) is 11.3 Å². The van der Waals surface area contributed by atoms with Gasteiger partial charge in [0, 0.05) is 25.6 Å². The molecule has 0 aliphatic rings.